The Bertz CT molecular complexity index is 963. The maximum atomic E-state index is 13.0. The van der Waals surface area contributed by atoms with Crippen LogP contribution < -0.4 is 0 Å². The summed E-state index contributed by atoms with van der Waals surface area (Å²) in [5, 5.41) is 16.1. The zero-order valence-corrected chi connectivity index (χ0v) is 13.8. The van der Waals surface area contributed by atoms with E-state index in [1.54, 1.807) is 23.3 Å². The highest BCUT2D eigenvalue weighted by Crippen LogP contribution is 2.27. The number of aromatic nitrogens is 6. The van der Waals surface area contributed by atoms with Crippen LogP contribution in [0.25, 0.3) is 0 Å². The van der Waals surface area contributed by atoms with Gasteiger partial charge in [-0.1, -0.05) is 5.21 Å². The molecule has 0 amide bonds. The molecule has 2 aromatic heterocycles. The summed E-state index contributed by atoms with van der Waals surface area (Å²) in [5.74, 6) is -0.470. The molecule has 4 rings (SSSR count). The number of nitrogens with zero attached hydrogens (tertiary/aromatic N) is 7. The van der Waals surface area contributed by atoms with Gasteiger partial charge in [-0.05, 0) is 24.3 Å². The summed E-state index contributed by atoms with van der Waals surface area (Å²) >= 11 is 0. The monoisotopic (exact) mass is 363 g/mol. The van der Waals surface area contributed by atoms with Gasteiger partial charge in [-0.3, -0.25) is 0 Å². The molecule has 0 aliphatic carbocycles. The molecule has 1 saturated heterocycles. The molecule has 0 atom stereocenters. The molecule has 1 fully saturated rings. The molecule has 130 valence electrons. The van der Waals surface area contributed by atoms with E-state index in [0.717, 1.165) is 12.1 Å². The Labute approximate surface area is 142 Å². The van der Waals surface area contributed by atoms with Crippen molar-refractivity contribution < 1.29 is 12.8 Å². The van der Waals surface area contributed by atoms with Crippen LogP contribution in [-0.4, -0.2) is 55.8 Å². The summed E-state index contributed by atoms with van der Waals surface area (Å²) in [6.07, 6.45) is 4.92. The SMILES string of the molecule is O=S(=O)(c1ccc(F)cc1)N1CC(n2cc(Cn3nccn3)nn2)C1. The molecular weight excluding hydrogens is 349 g/mol. The molecule has 9 nitrogen and oxygen atoms in total. The van der Waals surface area contributed by atoms with Crippen molar-refractivity contribution in [2.75, 3.05) is 13.1 Å². The molecule has 1 aliphatic heterocycles. The van der Waals surface area contributed by atoms with Gasteiger partial charge in [0.25, 0.3) is 0 Å². The van der Waals surface area contributed by atoms with E-state index in [9.17, 15) is 12.8 Å². The van der Waals surface area contributed by atoms with Gasteiger partial charge in [0.1, 0.15) is 18.1 Å². The largest absolute Gasteiger partial charge is 0.246 e. The van der Waals surface area contributed by atoms with Crippen LogP contribution in [0.3, 0.4) is 0 Å². The van der Waals surface area contributed by atoms with E-state index < -0.39 is 15.8 Å². The summed E-state index contributed by atoms with van der Waals surface area (Å²) in [5.41, 5.74) is 0.691. The number of benzene rings is 1. The summed E-state index contributed by atoms with van der Waals surface area (Å²) in [4.78, 5) is 1.57. The predicted octanol–water partition coefficient (Wildman–Crippen LogP) is 0.303. The minimum Gasteiger partial charge on any atom is -0.246 e. The van der Waals surface area contributed by atoms with Gasteiger partial charge >= 0.3 is 0 Å². The Hall–Kier alpha value is -2.66. The first-order valence-corrected chi connectivity index (χ1v) is 8.97. The van der Waals surface area contributed by atoms with Gasteiger partial charge in [-0.25, -0.2) is 17.5 Å². The summed E-state index contributed by atoms with van der Waals surface area (Å²) in [7, 11) is -3.61. The van der Waals surface area contributed by atoms with Gasteiger partial charge in [-0.2, -0.15) is 19.3 Å². The van der Waals surface area contributed by atoms with E-state index in [-0.39, 0.29) is 10.9 Å². The quantitative estimate of drug-likeness (QED) is 0.647. The standard InChI is InChI=1S/C14H14FN7O2S/c15-11-1-3-14(4-2-11)25(23,24)20-9-13(10-20)21-7-12(18-19-21)8-22-16-5-6-17-22/h1-7,13H,8-10H2. The molecule has 0 spiro atoms. The lowest BCUT2D eigenvalue weighted by Gasteiger charge is -2.37. The van der Waals surface area contributed by atoms with Gasteiger partial charge in [0.15, 0.2) is 0 Å². The van der Waals surface area contributed by atoms with Gasteiger partial charge in [0, 0.05) is 13.1 Å². The number of hydrogen-bond donors (Lipinski definition) is 0. The van der Waals surface area contributed by atoms with E-state index >= 15 is 0 Å². The Morgan fingerprint density at radius 3 is 2.48 bits per heavy atom. The lowest BCUT2D eigenvalue weighted by atomic mass is 10.2. The predicted molar refractivity (Wildman–Crippen MR) is 83.3 cm³/mol. The first-order chi connectivity index (χ1) is 12.0. The van der Waals surface area contributed by atoms with Crippen molar-refractivity contribution in [3.05, 3.63) is 54.4 Å². The van der Waals surface area contributed by atoms with E-state index in [2.05, 4.69) is 20.5 Å². The van der Waals surface area contributed by atoms with Crippen LogP contribution in [-0.2, 0) is 16.6 Å². The molecule has 0 unspecified atom stereocenters. The third-order valence-electron chi connectivity index (χ3n) is 3.98. The Morgan fingerprint density at radius 2 is 1.80 bits per heavy atom. The summed E-state index contributed by atoms with van der Waals surface area (Å²) in [6, 6.07) is 4.72. The molecule has 3 heterocycles. The van der Waals surface area contributed by atoms with Crippen LogP contribution in [0.5, 0.6) is 0 Å². The van der Waals surface area contributed by atoms with Crippen LogP contribution >= 0.6 is 0 Å². The average Bonchev–Trinajstić information content (AvgIpc) is 3.19. The maximum Gasteiger partial charge on any atom is 0.243 e. The Morgan fingerprint density at radius 1 is 1.12 bits per heavy atom. The molecule has 25 heavy (non-hydrogen) atoms. The van der Waals surface area contributed by atoms with E-state index in [0.29, 0.717) is 25.3 Å². The van der Waals surface area contributed by atoms with Gasteiger partial charge in [0.05, 0.1) is 29.5 Å². The Kier molecular flexibility index (Phi) is 3.81. The van der Waals surface area contributed by atoms with Crippen molar-refractivity contribution in [1.82, 2.24) is 34.3 Å². The highest BCUT2D eigenvalue weighted by molar-refractivity contribution is 7.89. The van der Waals surface area contributed by atoms with Crippen molar-refractivity contribution in [2.24, 2.45) is 0 Å². The highest BCUT2D eigenvalue weighted by Gasteiger charge is 2.38. The van der Waals surface area contributed by atoms with E-state index in [1.165, 1.54) is 21.2 Å². The first-order valence-electron chi connectivity index (χ1n) is 7.53. The number of halogens is 1. The molecule has 0 saturated carbocycles. The fourth-order valence-corrected chi connectivity index (χ4v) is 4.08. The van der Waals surface area contributed by atoms with Crippen molar-refractivity contribution >= 4 is 10.0 Å². The molecule has 1 aromatic carbocycles. The maximum absolute atomic E-state index is 13.0. The van der Waals surface area contributed by atoms with Crippen molar-refractivity contribution in [3.63, 3.8) is 0 Å². The molecule has 1 aliphatic rings. The highest BCUT2D eigenvalue weighted by atomic mass is 32.2. The van der Waals surface area contributed by atoms with Crippen molar-refractivity contribution in [1.29, 1.82) is 0 Å². The van der Waals surface area contributed by atoms with Crippen molar-refractivity contribution in [3.8, 4) is 0 Å². The van der Waals surface area contributed by atoms with Gasteiger partial charge in [0.2, 0.25) is 10.0 Å². The second-order valence-corrected chi connectivity index (χ2v) is 7.62. The fourth-order valence-electron chi connectivity index (χ4n) is 2.57. The smallest absolute Gasteiger partial charge is 0.243 e. The van der Waals surface area contributed by atoms with Gasteiger partial charge < -0.3 is 0 Å². The topological polar surface area (TPSA) is 98.8 Å². The zero-order chi connectivity index (χ0) is 17.4. The van der Waals surface area contributed by atoms with Crippen LogP contribution in [0.4, 0.5) is 4.39 Å². The molecule has 0 radical (unpaired) electrons. The lowest BCUT2D eigenvalue weighted by Crippen LogP contribution is -2.50. The second kappa shape index (κ2) is 6.01. The van der Waals surface area contributed by atoms with Crippen LogP contribution in [0.2, 0.25) is 0 Å². The molecule has 11 heteroatoms. The second-order valence-electron chi connectivity index (χ2n) is 5.68. The zero-order valence-electron chi connectivity index (χ0n) is 13.0. The molecule has 0 N–H and O–H groups in total. The van der Waals surface area contributed by atoms with E-state index in [1.807, 2.05) is 0 Å². The number of sulfonamides is 1. The molecule has 0 bridgehead atoms. The van der Waals surface area contributed by atoms with Crippen molar-refractivity contribution in [2.45, 2.75) is 17.5 Å². The molecular formula is C14H14FN7O2S. The molecule has 3 aromatic rings. The third kappa shape index (κ3) is 3.03. The average molecular weight is 363 g/mol. The normalized spacial score (nSPS) is 16.0. The minimum absolute atomic E-state index is 0.0800. The fraction of sp³-hybridized carbons (Fsp3) is 0.286. The lowest BCUT2D eigenvalue weighted by molar-refractivity contribution is 0.189. The van der Waals surface area contributed by atoms with Gasteiger partial charge in [-0.15, -0.1) is 5.10 Å². The number of rotatable bonds is 5. The minimum atomic E-state index is -3.61. The number of hydrogen-bond acceptors (Lipinski definition) is 6. The third-order valence-corrected chi connectivity index (χ3v) is 5.83. The van der Waals surface area contributed by atoms with Crippen LogP contribution in [0.1, 0.15) is 11.7 Å². The summed E-state index contributed by atoms with van der Waals surface area (Å²) in [6.45, 7) is 0.988. The van der Waals surface area contributed by atoms with Crippen LogP contribution in [0, 0.1) is 5.82 Å². The first kappa shape index (κ1) is 15.8. The van der Waals surface area contributed by atoms with Crippen LogP contribution in [0.15, 0.2) is 47.8 Å². The van der Waals surface area contributed by atoms with E-state index in [4.69, 9.17) is 0 Å². The summed E-state index contributed by atoms with van der Waals surface area (Å²) < 4.78 is 40.9. The Balaban J connectivity index is 1.41.